The third kappa shape index (κ3) is 3.09. The van der Waals surface area contributed by atoms with Crippen molar-refractivity contribution in [1.29, 1.82) is 0 Å². The Hall–Kier alpha value is -2.12. The number of aryl methyl sites for hydroxylation is 1. The molecule has 2 N–H and O–H groups in total. The van der Waals surface area contributed by atoms with E-state index in [1.54, 1.807) is 41.2 Å². The van der Waals surface area contributed by atoms with Crippen LogP contribution in [0.15, 0.2) is 42.4 Å². The van der Waals surface area contributed by atoms with Crippen LogP contribution in [0.3, 0.4) is 0 Å². The first kappa shape index (κ1) is 17.7. The van der Waals surface area contributed by atoms with E-state index >= 15 is 4.39 Å². The van der Waals surface area contributed by atoms with Crippen LogP contribution in [-0.2, 0) is 16.4 Å². The first-order valence-corrected chi connectivity index (χ1v) is 8.21. The highest BCUT2D eigenvalue weighted by Crippen LogP contribution is 2.41. The predicted molar refractivity (Wildman–Crippen MR) is 97.3 cm³/mol. The molecule has 7 heteroatoms. The number of hydrogen-bond donors (Lipinski definition) is 1. The Kier molecular flexibility index (Phi) is 4.25. The minimum absolute atomic E-state index is 0.339. The summed E-state index contributed by atoms with van der Waals surface area (Å²) in [5.74, 6) is 0.497. The zero-order valence-electron chi connectivity index (χ0n) is 15.2. The number of hydrogen-bond acceptors (Lipinski definition) is 4. The number of nitrogens with zero attached hydrogens (tertiary/aromatic N) is 2. The van der Waals surface area contributed by atoms with Gasteiger partial charge in [-0.3, -0.25) is 0 Å². The smallest absolute Gasteiger partial charge is 0.399 e. The van der Waals surface area contributed by atoms with E-state index in [1.807, 2.05) is 34.7 Å². The minimum atomic E-state index is -1.09. The molecule has 1 aliphatic rings. The van der Waals surface area contributed by atoms with Gasteiger partial charge in [-0.25, -0.2) is 9.37 Å². The molecule has 25 heavy (non-hydrogen) atoms. The van der Waals surface area contributed by atoms with Crippen LogP contribution in [0.5, 0.6) is 0 Å². The van der Waals surface area contributed by atoms with Crippen LogP contribution in [0, 0.1) is 0 Å². The van der Waals surface area contributed by atoms with Crippen molar-refractivity contribution >= 4 is 18.4 Å². The van der Waals surface area contributed by atoms with Crippen molar-refractivity contribution < 1.29 is 13.7 Å². The molecule has 1 saturated heterocycles. The minimum Gasteiger partial charge on any atom is -0.399 e. The van der Waals surface area contributed by atoms with Crippen molar-refractivity contribution in [2.24, 2.45) is 7.05 Å². The highest BCUT2D eigenvalue weighted by atomic mass is 19.1. The van der Waals surface area contributed by atoms with E-state index in [0.29, 0.717) is 22.6 Å². The number of nitrogens with two attached hydrogens (primary N) is 1. The molecule has 0 aliphatic carbocycles. The molecular weight excluding hydrogens is 320 g/mol. The molecule has 1 fully saturated rings. The number of benzene rings is 1. The summed E-state index contributed by atoms with van der Waals surface area (Å²) in [5, 5.41) is 0. The maximum absolute atomic E-state index is 15.5. The predicted octanol–water partition coefficient (Wildman–Crippen LogP) is 3.36. The summed E-state index contributed by atoms with van der Waals surface area (Å²) < 4.78 is 29.0. The quantitative estimate of drug-likeness (QED) is 0.686. The second-order valence-corrected chi connectivity index (χ2v) is 7.29. The maximum atomic E-state index is 15.5. The van der Waals surface area contributed by atoms with Gasteiger partial charge < -0.3 is 19.6 Å². The van der Waals surface area contributed by atoms with Gasteiger partial charge in [0.15, 0.2) is 0 Å². The Morgan fingerprint density at radius 1 is 1.12 bits per heavy atom. The number of anilines is 1. The first-order chi connectivity index (χ1) is 11.6. The molecule has 0 unspecified atom stereocenters. The molecule has 2 aromatic rings. The molecule has 1 aliphatic heterocycles. The third-order valence-electron chi connectivity index (χ3n) is 4.94. The van der Waals surface area contributed by atoms with Crippen molar-refractivity contribution in [3.05, 3.63) is 53.8 Å². The molecule has 0 bridgehead atoms. The van der Waals surface area contributed by atoms with Gasteiger partial charge in [-0.2, -0.15) is 0 Å². The molecule has 0 spiro atoms. The fourth-order valence-electron chi connectivity index (χ4n) is 2.69. The van der Waals surface area contributed by atoms with Gasteiger partial charge in [0.05, 0.1) is 16.8 Å². The van der Waals surface area contributed by atoms with Crippen LogP contribution < -0.4 is 5.73 Å². The Morgan fingerprint density at radius 2 is 1.68 bits per heavy atom. The molecule has 3 rings (SSSR count). The van der Waals surface area contributed by atoms with E-state index in [-0.39, 0.29) is 0 Å². The Labute approximate surface area is 147 Å². The largest absolute Gasteiger partial charge is 0.526 e. The lowest BCUT2D eigenvalue weighted by atomic mass is 9.82. The van der Waals surface area contributed by atoms with Gasteiger partial charge in [0, 0.05) is 25.1 Å². The maximum Gasteiger partial charge on any atom is 0.526 e. The van der Waals surface area contributed by atoms with Crippen LogP contribution in [0.25, 0.3) is 5.57 Å². The molecule has 0 radical (unpaired) electrons. The first-order valence-electron chi connectivity index (χ1n) is 8.21. The number of nitrogen functional groups attached to an aromatic ring is 1. The van der Waals surface area contributed by atoms with E-state index in [1.165, 1.54) is 0 Å². The molecule has 5 nitrogen and oxygen atoms in total. The summed E-state index contributed by atoms with van der Waals surface area (Å²) in [6.07, 6.45) is 3.40. The Morgan fingerprint density at radius 3 is 2.16 bits per heavy atom. The van der Waals surface area contributed by atoms with Gasteiger partial charge in [0.2, 0.25) is 0 Å². The molecule has 132 valence electrons. The van der Waals surface area contributed by atoms with Crippen molar-refractivity contribution in [3.8, 4) is 0 Å². The Balaban J connectivity index is 2.13. The zero-order chi connectivity index (χ0) is 18.4. The van der Waals surface area contributed by atoms with Gasteiger partial charge in [-0.15, -0.1) is 0 Å². The monoisotopic (exact) mass is 343 g/mol. The average molecular weight is 343 g/mol. The van der Waals surface area contributed by atoms with Crippen LogP contribution in [-0.4, -0.2) is 27.9 Å². The highest BCUT2D eigenvalue weighted by molar-refractivity contribution is 6.55. The van der Waals surface area contributed by atoms with Gasteiger partial charge in [0.1, 0.15) is 11.6 Å². The van der Waals surface area contributed by atoms with E-state index in [2.05, 4.69) is 4.98 Å². The molecule has 1 aromatic heterocycles. The van der Waals surface area contributed by atoms with Gasteiger partial charge in [0.25, 0.3) is 0 Å². The van der Waals surface area contributed by atoms with Crippen LogP contribution in [0.1, 0.15) is 39.1 Å². The lowest BCUT2D eigenvalue weighted by Crippen LogP contribution is -2.41. The summed E-state index contributed by atoms with van der Waals surface area (Å²) in [6.45, 7) is 7.57. The SMILES string of the molecule is Cn1ccnc1C(=C(F)B1OC(C)(C)C(C)(C)O1)c1ccc(N)cc1. The van der Waals surface area contributed by atoms with E-state index in [0.717, 1.165) is 0 Å². The second-order valence-electron chi connectivity index (χ2n) is 7.29. The molecule has 1 aromatic carbocycles. The van der Waals surface area contributed by atoms with Gasteiger partial charge >= 0.3 is 7.12 Å². The number of aromatic nitrogens is 2. The van der Waals surface area contributed by atoms with E-state index < -0.39 is 24.0 Å². The fraction of sp³-hybridized carbons (Fsp3) is 0.389. The van der Waals surface area contributed by atoms with E-state index in [4.69, 9.17) is 15.0 Å². The van der Waals surface area contributed by atoms with Crippen molar-refractivity contribution in [1.82, 2.24) is 9.55 Å². The number of imidazole rings is 1. The average Bonchev–Trinajstić information content (AvgIpc) is 3.02. The summed E-state index contributed by atoms with van der Waals surface area (Å²) in [4.78, 5) is 4.30. The van der Waals surface area contributed by atoms with Crippen molar-refractivity contribution in [3.63, 3.8) is 0 Å². The molecule has 0 atom stereocenters. The number of halogens is 1. The molecular formula is C18H23BFN3O2. The standard InChI is InChI=1S/C18H23BFN3O2/c1-17(2)18(3,4)25-19(24-17)15(20)14(16-22-10-11-23(16)5)12-6-8-13(21)9-7-12/h6-11H,21H2,1-5H3. The summed E-state index contributed by atoms with van der Waals surface area (Å²) in [7, 11) is 0.728. The lowest BCUT2D eigenvalue weighted by Gasteiger charge is -2.32. The topological polar surface area (TPSA) is 62.3 Å². The summed E-state index contributed by atoms with van der Waals surface area (Å²) in [5.41, 5.74) is 5.63. The van der Waals surface area contributed by atoms with Crippen molar-refractivity contribution in [2.45, 2.75) is 38.9 Å². The summed E-state index contributed by atoms with van der Waals surface area (Å²) >= 11 is 0. The zero-order valence-corrected chi connectivity index (χ0v) is 15.2. The van der Waals surface area contributed by atoms with Crippen LogP contribution in [0.4, 0.5) is 10.1 Å². The lowest BCUT2D eigenvalue weighted by molar-refractivity contribution is 0.00578. The number of rotatable bonds is 3. The Bertz CT molecular complexity index is 796. The van der Waals surface area contributed by atoms with Crippen molar-refractivity contribution in [2.75, 3.05) is 5.73 Å². The third-order valence-corrected chi connectivity index (χ3v) is 4.94. The van der Waals surface area contributed by atoms with E-state index in [9.17, 15) is 0 Å². The van der Waals surface area contributed by atoms with Crippen LogP contribution >= 0.6 is 0 Å². The highest BCUT2D eigenvalue weighted by Gasteiger charge is 2.53. The second kappa shape index (κ2) is 6.00. The molecule has 2 heterocycles. The van der Waals surface area contributed by atoms with Gasteiger partial charge in [-0.1, -0.05) is 12.1 Å². The fourth-order valence-corrected chi connectivity index (χ4v) is 2.69. The molecule has 0 saturated carbocycles. The normalized spacial score (nSPS) is 19.8. The van der Waals surface area contributed by atoms with Crippen LogP contribution in [0.2, 0.25) is 0 Å². The van der Waals surface area contributed by atoms with Gasteiger partial charge in [-0.05, 0) is 45.4 Å². The molecule has 0 amide bonds. The summed E-state index contributed by atoms with van der Waals surface area (Å²) in [6, 6.07) is 7.00.